The van der Waals surface area contributed by atoms with E-state index in [0.29, 0.717) is 18.5 Å². The SMILES string of the molecule is CC(C=O)CN1CCN(c2ccc3c(c2)CN(C2CCC(=O)NC2=O)C3=O)CC1. The fraction of sp³-hybridized carbons (Fsp3) is 0.524. The van der Waals surface area contributed by atoms with E-state index in [4.69, 9.17) is 0 Å². The molecule has 1 aromatic carbocycles. The summed E-state index contributed by atoms with van der Waals surface area (Å²) >= 11 is 0. The number of imide groups is 1. The summed E-state index contributed by atoms with van der Waals surface area (Å²) in [5.74, 6) is -0.762. The molecule has 3 heterocycles. The third-order valence-electron chi connectivity index (χ3n) is 6.02. The summed E-state index contributed by atoms with van der Waals surface area (Å²) in [5, 5.41) is 2.33. The molecule has 3 amide bonds. The van der Waals surface area contributed by atoms with E-state index in [1.165, 1.54) is 0 Å². The zero-order valence-electron chi connectivity index (χ0n) is 16.6. The fourth-order valence-corrected chi connectivity index (χ4v) is 4.40. The normalized spacial score (nSPS) is 23.8. The summed E-state index contributed by atoms with van der Waals surface area (Å²) in [6.07, 6.45) is 1.63. The van der Waals surface area contributed by atoms with E-state index in [1.807, 2.05) is 25.1 Å². The topological polar surface area (TPSA) is 90.0 Å². The van der Waals surface area contributed by atoms with Crippen LogP contribution in [-0.2, 0) is 20.9 Å². The maximum absolute atomic E-state index is 12.8. The van der Waals surface area contributed by atoms with Crippen LogP contribution < -0.4 is 10.2 Å². The second-order valence-corrected chi connectivity index (χ2v) is 8.14. The highest BCUT2D eigenvalue weighted by Gasteiger charge is 2.39. The zero-order valence-corrected chi connectivity index (χ0v) is 16.6. The van der Waals surface area contributed by atoms with E-state index in [2.05, 4.69) is 15.1 Å². The van der Waals surface area contributed by atoms with E-state index in [9.17, 15) is 19.2 Å². The minimum atomic E-state index is -0.584. The number of rotatable bonds is 5. The second kappa shape index (κ2) is 7.94. The van der Waals surface area contributed by atoms with Gasteiger partial charge in [-0.3, -0.25) is 24.6 Å². The molecule has 0 bridgehead atoms. The van der Waals surface area contributed by atoms with Crippen molar-refractivity contribution in [2.24, 2.45) is 5.92 Å². The van der Waals surface area contributed by atoms with E-state index < -0.39 is 6.04 Å². The van der Waals surface area contributed by atoms with Crippen LogP contribution in [-0.4, -0.2) is 72.6 Å². The Kier molecular flexibility index (Phi) is 5.36. The first kappa shape index (κ1) is 19.6. The fourth-order valence-electron chi connectivity index (χ4n) is 4.40. The van der Waals surface area contributed by atoms with Gasteiger partial charge in [0.25, 0.3) is 5.91 Å². The number of hydrogen-bond donors (Lipinski definition) is 1. The van der Waals surface area contributed by atoms with Crippen molar-refractivity contribution in [3.63, 3.8) is 0 Å². The predicted molar refractivity (Wildman–Crippen MR) is 106 cm³/mol. The molecule has 3 aliphatic rings. The number of nitrogens with one attached hydrogen (secondary N) is 1. The highest BCUT2D eigenvalue weighted by atomic mass is 16.2. The molecule has 0 spiro atoms. The lowest BCUT2D eigenvalue weighted by atomic mass is 10.0. The maximum atomic E-state index is 12.8. The van der Waals surface area contributed by atoms with Gasteiger partial charge in [0.15, 0.2) is 0 Å². The highest BCUT2D eigenvalue weighted by Crippen LogP contribution is 2.30. The Morgan fingerprint density at radius 2 is 1.93 bits per heavy atom. The minimum Gasteiger partial charge on any atom is -0.369 e. The lowest BCUT2D eigenvalue weighted by Crippen LogP contribution is -2.52. The third kappa shape index (κ3) is 3.89. The van der Waals surface area contributed by atoms with Crippen molar-refractivity contribution in [1.29, 1.82) is 0 Å². The molecule has 0 aromatic heterocycles. The summed E-state index contributed by atoms with van der Waals surface area (Å²) in [4.78, 5) is 53.4. The van der Waals surface area contributed by atoms with Crippen molar-refractivity contribution >= 4 is 29.7 Å². The Morgan fingerprint density at radius 3 is 2.62 bits per heavy atom. The average molecular weight is 398 g/mol. The van der Waals surface area contributed by atoms with Crippen LogP contribution in [0.4, 0.5) is 5.69 Å². The van der Waals surface area contributed by atoms with Crippen LogP contribution in [0.5, 0.6) is 0 Å². The lowest BCUT2D eigenvalue weighted by molar-refractivity contribution is -0.136. The van der Waals surface area contributed by atoms with Gasteiger partial charge in [-0.25, -0.2) is 0 Å². The van der Waals surface area contributed by atoms with Gasteiger partial charge in [0.2, 0.25) is 11.8 Å². The Hall–Kier alpha value is -2.74. The molecular weight excluding hydrogens is 372 g/mol. The minimum absolute atomic E-state index is 0.0471. The number of nitrogens with zero attached hydrogens (tertiary/aromatic N) is 3. The summed E-state index contributed by atoms with van der Waals surface area (Å²) in [7, 11) is 0. The van der Waals surface area contributed by atoms with Crippen LogP contribution in [0.15, 0.2) is 18.2 Å². The van der Waals surface area contributed by atoms with E-state index in [0.717, 1.165) is 50.3 Å². The molecule has 8 heteroatoms. The zero-order chi connectivity index (χ0) is 20.5. The monoisotopic (exact) mass is 398 g/mol. The molecule has 2 unspecified atom stereocenters. The van der Waals surface area contributed by atoms with Gasteiger partial charge in [-0.15, -0.1) is 0 Å². The van der Waals surface area contributed by atoms with Gasteiger partial charge in [-0.1, -0.05) is 6.92 Å². The Morgan fingerprint density at radius 1 is 1.17 bits per heavy atom. The first-order chi connectivity index (χ1) is 14.0. The van der Waals surface area contributed by atoms with Crippen molar-refractivity contribution in [3.8, 4) is 0 Å². The van der Waals surface area contributed by atoms with Gasteiger partial charge >= 0.3 is 0 Å². The number of benzene rings is 1. The molecule has 1 aromatic rings. The van der Waals surface area contributed by atoms with Crippen LogP contribution in [0, 0.1) is 5.92 Å². The van der Waals surface area contributed by atoms with Gasteiger partial charge in [0.05, 0.1) is 0 Å². The largest absolute Gasteiger partial charge is 0.369 e. The molecule has 1 N–H and O–H groups in total. The van der Waals surface area contributed by atoms with E-state index in [-0.39, 0.29) is 30.1 Å². The van der Waals surface area contributed by atoms with Gasteiger partial charge < -0.3 is 14.6 Å². The Balaban J connectivity index is 1.42. The molecule has 0 saturated carbocycles. The first-order valence-corrected chi connectivity index (χ1v) is 10.2. The maximum Gasteiger partial charge on any atom is 0.255 e. The van der Waals surface area contributed by atoms with Crippen LogP contribution in [0.1, 0.15) is 35.7 Å². The number of fused-ring (bicyclic) bond motifs is 1. The van der Waals surface area contributed by atoms with Gasteiger partial charge in [0.1, 0.15) is 12.3 Å². The molecule has 29 heavy (non-hydrogen) atoms. The quantitative estimate of drug-likeness (QED) is 0.571. The molecule has 4 rings (SSSR count). The van der Waals surface area contributed by atoms with Crippen LogP contribution in [0.3, 0.4) is 0 Å². The number of carbonyl (C=O) groups is 4. The van der Waals surface area contributed by atoms with E-state index in [1.54, 1.807) is 4.90 Å². The summed E-state index contributed by atoms with van der Waals surface area (Å²) in [5.41, 5.74) is 2.64. The molecule has 154 valence electrons. The molecule has 8 nitrogen and oxygen atoms in total. The number of carbonyl (C=O) groups excluding carboxylic acids is 4. The van der Waals surface area contributed by atoms with E-state index >= 15 is 0 Å². The lowest BCUT2D eigenvalue weighted by Gasteiger charge is -2.36. The standard InChI is InChI=1S/C21H26N4O4/c1-14(13-26)11-23-6-8-24(9-7-23)16-2-3-17-15(10-16)12-25(21(17)29)18-4-5-19(27)22-20(18)28/h2-3,10,13-14,18H,4-9,11-12H2,1H3,(H,22,27,28). The second-order valence-electron chi connectivity index (χ2n) is 8.14. The van der Waals surface area contributed by atoms with Crippen molar-refractivity contribution in [2.75, 3.05) is 37.6 Å². The molecular formula is C21H26N4O4. The molecule has 3 aliphatic heterocycles. The number of hydrogen-bond acceptors (Lipinski definition) is 6. The van der Waals surface area contributed by atoms with Crippen LogP contribution >= 0.6 is 0 Å². The number of piperazine rings is 1. The van der Waals surface area contributed by atoms with Crippen LogP contribution in [0.2, 0.25) is 0 Å². The summed E-state index contributed by atoms with van der Waals surface area (Å²) in [6.45, 7) is 6.66. The number of anilines is 1. The smallest absolute Gasteiger partial charge is 0.255 e. The third-order valence-corrected chi connectivity index (χ3v) is 6.02. The average Bonchev–Trinajstić information content (AvgIpc) is 3.04. The Bertz CT molecular complexity index is 847. The van der Waals surface area contributed by atoms with Crippen LogP contribution in [0.25, 0.3) is 0 Å². The molecule has 0 aliphatic carbocycles. The van der Waals surface area contributed by atoms with Crippen molar-refractivity contribution in [1.82, 2.24) is 15.1 Å². The van der Waals surface area contributed by atoms with Crippen molar-refractivity contribution in [3.05, 3.63) is 29.3 Å². The first-order valence-electron chi connectivity index (χ1n) is 10.2. The predicted octanol–water partition coefficient (Wildman–Crippen LogP) is 0.405. The van der Waals surface area contributed by atoms with Crippen molar-refractivity contribution in [2.45, 2.75) is 32.4 Å². The molecule has 2 atom stereocenters. The number of aldehydes is 1. The van der Waals surface area contributed by atoms with Gasteiger partial charge in [0, 0.05) is 62.9 Å². The highest BCUT2D eigenvalue weighted by molar-refractivity contribution is 6.05. The van der Waals surface area contributed by atoms with Gasteiger partial charge in [-0.2, -0.15) is 0 Å². The summed E-state index contributed by atoms with van der Waals surface area (Å²) < 4.78 is 0. The van der Waals surface area contributed by atoms with Crippen molar-refractivity contribution < 1.29 is 19.2 Å². The van der Waals surface area contributed by atoms with Gasteiger partial charge in [-0.05, 0) is 30.2 Å². The molecule has 2 fully saturated rings. The molecule has 2 saturated heterocycles. The number of piperidine rings is 1. The Labute approximate surface area is 169 Å². The molecule has 0 radical (unpaired) electrons. The summed E-state index contributed by atoms with van der Waals surface area (Å²) in [6, 6.07) is 5.27. The number of amides is 3.